The number of alkyl carbamates (subject to hydrolysis) is 1. The van der Waals surface area contributed by atoms with E-state index in [-0.39, 0.29) is 17.8 Å². The second-order valence-electron chi connectivity index (χ2n) is 9.72. The van der Waals surface area contributed by atoms with E-state index in [1.165, 1.54) is 6.20 Å². The van der Waals surface area contributed by atoms with E-state index in [1.54, 1.807) is 26.0 Å². The SMILES string of the molecule is CC(C)(C)OC(=O)NC1CCC(Nc2ncc(F)c(-c3ccnc(C(C)(C)O)c3)n2)CC1. The standard InChI is InChI=1S/C23H32FN5O3/c1-22(2,3)32-21(30)28-16-8-6-15(7-9-16)27-20-26-13-17(24)19(29-20)14-10-11-25-18(12-14)23(4,5)31/h10-13,15-16,31H,6-9H2,1-5H3,(H,28,30)(H,26,27,29). The maximum atomic E-state index is 14.5. The van der Waals surface area contributed by atoms with Gasteiger partial charge in [0.2, 0.25) is 5.95 Å². The first kappa shape index (κ1) is 23.8. The summed E-state index contributed by atoms with van der Waals surface area (Å²) in [5.74, 6) is -0.208. The third-order valence-electron chi connectivity index (χ3n) is 5.19. The number of nitrogens with one attached hydrogen (secondary N) is 2. The van der Waals surface area contributed by atoms with Gasteiger partial charge >= 0.3 is 6.09 Å². The molecule has 0 spiro atoms. The number of carbonyl (C=O) groups is 1. The minimum absolute atomic E-state index is 0.0599. The first-order valence-corrected chi connectivity index (χ1v) is 10.9. The number of nitrogens with zero attached hydrogens (tertiary/aromatic N) is 3. The second-order valence-corrected chi connectivity index (χ2v) is 9.72. The third kappa shape index (κ3) is 6.59. The number of rotatable bonds is 5. The largest absolute Gasteiger partial charge is 0.444 e. The molecule has 32 heavy (non-hydrogen) atoms. The van der Waals surface area contributed by atoms with E-state index in [9.17, 15) is 14.3 Å². The van der Waals surface area contributed by atoms with Crippen LogP contribution in [0.2, 0.25) is 0 Å². The summed E-state index contributed by atoms with van der Waals surface area (Å²) in [5, 5.41) is 16.4. The van der Waals surface area contributed by atoms with Gasteiger partial charge < -0.3 is 20.5 Å². The predicted molar refractivity (Wildman–Crippen MR) is 120 cm³/mol. The highest BCUT2D eigenvalue weighted by molar-refractivity contribution is 5.68. The molecule has 1 aliphatic carbocycles. The summed E-state index contributed by atoms with van der Waals surface area (Å²) >= 11 is 0. The van der Waals surface area contributed by atoms with Crippen molar-refractivity contribution in [3.63, 3.8) is 0 Å². The highest BCUT2D eigenvalue weighted by Gasteiger charge is 2.25. The molecule has 1 saturated carbocycles. The van der Waals surface area contributed by atoms with Crippen molar-refractivity contribution in [1.29, 1.82) is 0 Å². The molecule has 1 amide bonds. The lowest BCUT2D eigenvalue weighted by atomic mass is 9.91. The predicted octanol–water partition coefficient (Wildman–Crippen LogP) is 4.15. The van der Waals surface area contributed by atoms with Gasteiger partial charge in [-0.2, -0.15) is 0 Å². The van der Waals surface area contributed by atoms with Crippen LogP contribution in [-0.4, -0.2) is 43.8 Å². The van der Waals surface area contributed by atoms with Crippen LogP contribution in [-0.2, 0) is 10.3 Å². The van der Waals surface area contributed by atoms with E-state index >= 15 is 0 Å². The fraction of sp³-hybridized carbons (Fsp3) is 0.565. The van der Waals surface area contributed by atoms with Gasteiger partial charge in [0, 0.05) is 23.8 Å². The van der Waals surface area contributed by atoms with Gasteiger partial charge in [0.05, 0.1) is 11.9 Å². The Morgan fingerprint density at radius 2 is 1.78 bits per heavy atom. The number of hydrogen-bond acceptors (Lipinski definition) is 7. The van der Waals surface area contributed by atoms with Crippen LogP contribution in [0.4, 0.5) is 15.1 Å². The number of ether oxygens (including phenoxy) is 1. The van der Waals surface area contributed by atoms with Crippen LogP contribution in [0.15, 0.2) is 24.5 Å². The Bertz CT molecular complexity index is 947. The number of carbonyl (C=O) groups excluding carboxylic acids is 1. The van der Waals surface area contributed by atoms with Gasteiger partial charge in [0.1, 0.15) is 16.9 Å². The lowest BCUT2D eigenvalue weighted by molar-refractivity contribution is 0.0492. The molecule has 2 aromatic rings. The molecular weight excluding hydrogens is 413 g/mol. The minimum atomic E-state index is -1.15. The number of aromatic nitrogens is 3. The van der Waals surface area contributed by atoms with Gasteiger partial charge in [-0.1, -0.05) is 0 Å². The van der Waals surface area contributed by atoms with Gasteiger partial charge in [-0.15, -0.1) is 0 Å². The molecule has 0 aromatic carbocycles. The maximum absolute atomic E-state index is 14.5. The van der Waals surface area contributed by atoms with E-state index in [1.807, 2.05) is 20.8 Å². The van der Waals surface area contributed by atoms with Crippen LogP contribution in [0, 0.1) is 5.82 Å². The number of aliphatic hydroxyl groups is 1. The zero-order chi connectivity index (χ0) is 23.5. The minimum Gasteiger partial charge on any atom is -0.444 e. The fourth-order valence-corrected chi connectivity index (χ4v) is 3.59. The zero-order valence-electron chi connectivity index (χ0n) is 19.3. The van der Waals surface area contributed by atoms with Gasteiger partial charge in [0.25, 0.3) is 0 Å². The number of halogens is 1. The lowest BCUT2D eigenvalue weighted by Gasteiger charge is -2.30. The summed E-state index contributed by atoms with van der Waals surface area (Å²) in [7, 11) is 0. The first-order valence-electron chi connectivity index (χ1n) is 10.9. The molecule has 8 nitrogen and oxygen atoms in total. The van der Waals surface area contributed by atoms with Gasteiger partial charge in [-0.25, -0.2) is 19.2 Å². The molecule has 174 valence electrons. The van der Waals surface area contributed by atoms with Crippen molar-refractivity contribution in [2.45, 2.75) is 83.6 Å². The molecule has 9 heteroatoms. The molecular formula is C23H32FN5O3. The second kappa shape index (κ2) is 9.36. The lowest BCUT2D eigenvalue weighted by Crippen LogP contribution is -2.42. The van der Waals surface area contributed by atoms with E-state index < -0.39 is 23.1 Å². The molecule has 0 radical (unpaired) electrons. The molecule has 0 unspecified atom stereocenters. The van der Waals surface area contributed by atoms with Crippen LogP contribution in [0.5, 0.6) is 0 Å². The highest BCUT2D eigenvalue weighted by atomic mass is 19.1. The molecule has 3 N–H and O–H groups in total. The molecule has 3 rings (SSSR count). The van der Waals surface area contributed by atoms with E-state index in [0.29, 0.717) is 17.2 Å². The van der Waals surface area contributed by atoms with Crippen LogP contribution in [0.1, 0.15) is 66.0 Å². The number of amides is 1. The summed E-state index contributed by atoms with van der Waals surface area (Å²) in [6.45, 7) is 8.75. The summed E-state index contributed by atoms with van der Waals surface area (Å²) in [4.78, 5) is 24.6. The van der Waals surface area contributed by atoms with Crippen molar-refractivity contribution >= 4 is 12.0 Å². The topological polar surface area (TPSA) is 109 Å². The Hall–Kier alpha value is -2.81. The van der Waals surface area contributed by atoms with Crippen LogP contribution in [0.25, 0.3) is 11.3 Å². The summed E-state index contributed by atoms with van der Waals surface area (Å²) in [5.41, 5.74) is -0.574. The monoisotopic (exact) mass is 445 g/mol. The Kier molecular flexibility index (Phi) is 6.97. The maximum Gasteiger partial charge on any atom is 0.407 e. The number of hydrogen-bond donors (Lipinski definition) is 3. The van der Waals surface area contributed by atoms with E-state index in [4.69, 9.17) is 4.74 Å². The molecule has 2 heterocycles. The third-order valence-corrected chi connectivity index (χ3v) is 5.19. The van der Waals surface area contributed by atoms with Crippen molar-refractivity contribution < 1.29 is 19.0 Å². The Labute approximate surface area is 188 Å². The molecule has 0 atom stereocenters. The van der Waals surface area contributed by atoms with Crippen LogP contribution < -0.4 is 10.6 Å². The Morgan fingerprint density at radius 1 is 1.12 bits per heavy atom. The zero-order valence-corrected chi connectivity index (χ0v) is 19.3. The molecule has 0 aliphatic heterocycles. The molecule has 0 bridgehead atoms. The molecule has 2 aromatic heterocycles. The Morgan fingerprint density at radius 3 is 2.41 bits per heavy atom. The number of anilines is 1. The van der Waals surface area contributed by atoms with E-state index in [0.717, 1.165) is 31.9 Å². The van der Waals surface area contributed by atoms with Gasteiger partial charge in [-0.05, 0) is 72.4 Å². The van der Waals surface area contributed by atoms with Crippen molar-refractivity contribution in [1.82, 2.24) is 20.3 Å². The average molecular weight is 446 g/mol. The highest BCUT2D eigenvalue weighted by Crippen LogP contribution is 2.27. The Balaban J connectivity index is 1.62. The van der Waals surface area contributed by atoms with Gasteiger partial charge in [0.15, 0.2) is 5.82 Å². The quantitative estimate of drug-likeness (QED) is 0.634. The van der Waals surface area contributed by atoms with Crippen molar-refractivity contribution in [2.24, 2.45) is 0 Å². The molecule has 0 saturated heterocycles. The number of pyridine rings is 1. The normalized spacial score (nSPS) is 19.3. The molecule has 1 aliphatic rings. The van der Waals surface area contributed by atoms with Gasteiger partial charge in [-0.3, -0.25) is 4.98 Å². The summed E-state index contributed by atoms with van der Waals surface area (Å²) in [6, 6.07) is 3.46. The van der Waals surface area contributed by atoms with Crippen molar-refractivity contribution in [3.8, 4) is 11.3 Å². The summed E-state index contributed by atoms with van der Waals surface area (Å²) < 4.78 is 19.8. The van der Waals surface area contributed by atoms with E-state index in [2.05, 4.69) is 25.6 Å². The van der Waals surface area contributed by atoms with Crippen molar-refractivity contribution in [2.75, 3.05) is 5.32 Å². The van der Waals surface area contributed by atoms with Crippen LogP contribution in [0.3, 0.4) is 0 Å². The summed E-state index contributed by atoms with van der Waals surface area (Å²) in [6.07, 6.45) is 5.49. The smallest absolute Gasteiger partial charge is 0.407 e. The fourth-order valence-electron chi connectivity index (χ4n) is 3.59. The molecule has 1 fully saturated rings. The average Bonchev–Trinajstić information content (AvgIpc) is 2.69. The van der Waals surface area contributed by atoms with Crippen molar-refractivity contribution in [3.05, 3.63) is 36.0 Å². The first-order chi connectivity index (χ1) is 14.9. The van der Waals surface area contributed by atoms with Crippen LogP contribution >= 0.6 is 0 Å².